The van der Waals surface area contributed by atoms with Crippen LogP contribution >= 0.6 is 0 Å². The minimum Gasteiger partial charge on any atom is -0.248 e. The zero-order valence-corrected chi connectivity index (χ0v) is 11.7. The van der Waals surface area contributed by atoms with Crippen molar-refractivity contribution in [3.63, 3.8) is 0 Å². The number of nitrogens with zero attached hydrogens (tertiary/aromatic N) is 1. The molecule has 2 rings (SSSR count). The second-order valence-electron chi connectivity index (χ2n) is 4.53. The molecule has 0 aliphatic heterocycles. The Kier molecular flexibility index (Phi) is 4.30. The largest absolute Gasteiger partial charge is 0.248 e. The molecule has 1 heterocycles. The molecule has 19 heavy (non-hydrogen) atoms. The van der Waals surface area contributed by atoms with Crippen LogP contribution in [0.4, 0.5) is 0 Å². The fourth-order valence-electron chi connectivity index (χ4n) is 2.08. The van der Waals surface area contributed by atoms with E-state index < -0.39 is 0 Å². The summed E-state index contributed by atoms with van der Waals surface area (Å²) in [6.45, 7) is 6.18. The van der Waals surface area contributed by atoms with Gasteiger partial charge in [0.05, 0.1) is 11.4 Å². The molecular formula is C18H19N. The fourth-order valence-corrected chi connectivity index (χ4v) is 2.08. The maximum absolute atomic E-state index is 4.77. The molecule has 0 radical (unpaired) electrons. The van der Waals surface area contributed by atoms with Crippen molar-refractivity contribution in [2.24, 2.45) is 0 Å². The van der Waals surface area contributed by atoms with Crippen LogP contribution in [-0.2, 0) is 0 Å². The van der Waals surface area contributed by atoms with E-state index in [-0.39, 0.29) is 0 Å². The molecule has 1 aromatic heterocycles. The SMILES string of the molecule is C/C=C\C(=C/C)c1cc(C)cc(-c2ccccc2)n1. The van der Waals surface area contributed by atoms with Crippen molar-refractivity contribution in [2.75, 3.05) is 0 Å². The van der Waals surface area contributed by atoms with Gasteiger partial charge in [-0.3, -0.25) is 0 Å². The summed E-state index contributed by atoms with van der Waals surface area (Å²) in [5.74, 6) is 0. The summed E-state index contributed by atoms with van der Waals surface area (Å²) in [6.07, 6.45) is 6.23. The normalized spacial score (nSPS) is 12.1. The van der Waals surface area contributed by atoms with Crippen LogP contribution in [-0.4, -0.2) is 4.98 Å². The number of aromatic nitrogens is 1. The maximum Gasteiger partial charge on any atom is 0.0712 e. The standard InChI is InChI=1S/C18H19N/c1-4-9-15(5-2)17-12-14(3)13-18(19-17)16-10-7-6-8-11-16/h4-13H,1-3H3/b9-4-,15-5+. The van der Waals surface area contributed by atoms with Gasteiger partial charge in [-0.2, -0.15) is 0 Å². The molecule has 1 aromatic carbocycles. The first-order valence-electron chi connectivity index (χ1n) is 6.58. The van der Waals surface area contributed by atoms with Crippen LogP contribution in [0.2, 0.25) is 0 Å². The van der Waals surface area contributed by atoms with Crippen molar-refractivity contribution in [1.29, 1.82) is 0 Å². The molecule has 96 valence electrons. The molecule has 2 aromatic rings. The minimum absolute atomic E-state index is 1.03. The smallest absolute Gasteiger partial charge is 0.0712 e. The highest BCUT2D eigenvalue weighted by atomic mass is 14.7. The van der Waals surface area contributed by atoms with Gasteiger partial charge in [-0.15, -0.1) is 0 Å². The third kappa shape index (κ3) is 3.19. The minimum atomic E-state index is 1.03. The summed E-state index contributed by atoms with van der Waals surface area (Å²) >= 11 is 0. The molecule has 0 aliphatic carbocycles. The highest BCUT2D eigenvalue weighted by Gasteiger charge is 2.05. The van der Waals surface area contributed by atoms with Gasteiger partial charge in [-0.25, -0.2) is 4.98 Å². The summed E-state index contributed by atoms with van der Waals surface area (Å²) in [4.78, 5) is 4.77. The van der Waals surface area contributed by atoms with E-state index in [9.17, 15) is 0 Å². The third-order valence-electron chi connectivity index (χ3n) is 2.99. The molecule has 0 spiro atoms. The van der Waals surface area contributed by atoms with E-state index >= 15 is 0 Å². The summed E-state index contributed by atoms with van der Waals surface area (Å²) in [5, 5.41) is 0. The molecule has 0 unspecified atom stereocenters. The second-order valence-corrected chi connectivity index (χ2v) is 4.53. The van der Waals surface area contributed by atoms with Gasteiger partial charge in [0.1, 0.15) is 0 Å². The monoisotopic (exact) mass is 249 g/mol. The van der Waals surface area contributed by atoms with E-state index in [4.69, 9.17) is 4.98 Å². The Morgan fingerprint density at radius 2 is 1.79 bits per heavy atom. The van der Waals surface area contributed by atoms with Crippen LogP contribution in [0.5, 0.6) is 0 Å². The van der Waals surface area contributed by atoms with Gasteiger partial charge < -0.3 is 0 Å². The lowest BCUT2D eigenvalue weighted by Crippen LogP contribution is -1.92. The van der Waals surface area contributed by atoms with E-state index in [2.05, 4.69) is 43.3 Å². The van der Waals surface area contributed by atoms with Crippen molar-refractivity contribution < 1.29 is 0 Å². The van der Waals surface area contributed by atoms with Crippen LogP contribution in [0.3, 0.4) is 0 Å². The summed E-state index contributed by atoms with van der Waals surface area (Å²) in [6, 6.07) is 14.6. The first-order valence-corrected chi connectivity index (χ1v) is 6.58. The number of benzene rings is 1. The molecule has 0 bridgehead atoms. The molecule has 0 saturated heterocycles. The van der Waals surface area contributed by atoms with Crippen molar-refractivity contribution in [2.45, 2.75) is 20.8 Å². The van der Waals surface area contributed by atoms with Gasteiger partial charge in [0, 0.05) is 5.56 Å². The van der Waals surface area contributed by atoms with Crippen molar-refractivity contribution in [1.82, 2.24) is 4.98 Å². The lowest BCUT2D eigenvalue weighted by atomic mass is 10.1. The molecule has 1 heteroatoms. The lowest BCUT2D eigenvalue weighted by Gasteiger charge is -2.07. The summed E-state index contributed by atoms with van der Waals surface area (Å²) in [7, 11) is 0. The van der Waals surface area contributed by atoms with Crippen LogP contribution < -0.4 is 0 Å². The highest BCUT2D eigenvalue weighted by molar-refractivity contribution is 5.73. The Morgan fingerprint density at radius 3 is 2.42 bits per heavy atom. The Labute approximate surface area is 115 Å². The zero-order chi connectivity index (χ0) is 13.7. The second kappa shape index (κ2) is 6.14. The van der Waals surface area contributed by atoms with E-state index in [0.29, 0.717) is 0 Å². The van der Waals surface area contributed by atoms with E-state index in [1.807, 2.05) is 38.1 Å². The number of allylic oxidation sites excluding steroid dienone is 4. The Hall–Kier alpha value is -2.15. The fraction of sp³-hybridized carbons (Fsp3) is 0.167. The molecule has 1 nitrogen and oxygen atoms in total. The molecule has 0 aliphatic rings. The van der Waals surface area contributed by atoms with Gasteiger partial charge in [0.15, 0.2) is 0 Å². The molecule has 0 atom stereocenters. The summed E-state index contributed by atoms with van der Waals surface area (Å²) < 4.78 is 0. The van der Waals surface area contributed by atoms with Crippen molar-refractivity contribution >= 4 is 5.57 Å². The predicted octanol–water partition coefficient (Wildman–Crippen LogP) is 5.04. The molecule has 0 fully saturated rings. The number of aryl methyl sites for hydroxylation is 1. The highest BCUT2D eigenvalue weighted by Crippen LogP contribution is 2.22. The van der Waals surface area contributed by atoms with Crippen LogP contribution in [0, 0.1) is 6.92 Å². The van der Waals surface area contributed by atoms with Gasteiger partial charge in [0.2, 0.25) is 0 Å². The Balaban J connectivity index is 2.52. The number of pyridine rings is 1. The van der Waals surface area contributed by atoms with E-state index in [0.717, 1.165) is 22.5 Å². The summed E-state index contributed by atoms with van der Waals surface area (Å²) in [5.41, 5.74) is 5.60. The first-order chi connectivity index (χ1) is 9.24. The van der Waals surface area contributed by atoms with Gasteiger partial charge in [-0.1, -0.05) is 48.6 Å². The number of hydrogen-bond donors (Lipinski definition) is 0. The molecule has 0 amide bonds. The van der Waals surface area contributed by atoms with E-state index in [1.54, 1.807) is 0 Å². The number of rotatable bonds is 3. The van der Waals surface area contributed by atoms with Crippen molar-refractivity contribution in [3.05, 3.63) is 72.0 Å². The van der Waals surface area contributed by atoms with E-state index in [1.165, 1.54) is 5.56 Å². The molecule has 0 saturated carbocycles. The van der Waals surface area contributed by atoms with Gasteiger partial charge in [0.25, 0.3) is 0 Å². The van der Waals surface area contributed by atoms with Crippen LogP contribution in [0.15, 0.2) is 60.7 Å². The Bertz CT molecular complexity index is 607. The predicted molar refractivity (Wildman–Crippen MR) is 82.9 cm³/mol. The topological polar surface area (TPSA) is 12.9 Å². The lowest BCUT2D eigenvalue weighted by molar-refractivity contribution is 1.24. The quantitative estimate of drug-likeness (QED) is 0.695. The average molecular weight is 249 g/mol. The van der Waals surface area contributed by atoms with Gasteiger partial charge >= 0.3 is 0 Å². The van der Waals surface area contributed by atoms with Crippen LogP contribution in [0.25, 0.3) is 16.8 Å². The molecular weight excluding hydrogens is 230 g/mol. The molecule has 0 N–H and O–H groups in total. The zero-order valence-electron chi connectivity index (χ0n) is 11.7. The van der Waals surface area contributed by atoms with Crippen LogP contribution in [0.1, 0.15) is 25.1 Å². The third-order valence-corrected chi connectivity index (χ3v) is 2.99. The maximum atomic E-state index is 4.77. The Morgan fingerprint density at radius 1 is 1.05 bits per heavy atom. The van der Waals surface area contributed by atoms with Crippen molar-refractivity contribution in [3.8, 4) is 11.3 Å². The first kappa shape index (κ1) is 13.3. The average Bonchev–Trinajstić information content (AvgIpc) is 2.45. The number of hydrogen-bond acceptors (Lipinski definition) is 1. The van der Waals surface area contributed by atoms with Gasteiger partial charge in [-0.05, 0) is 44.0 Å².